The normalized spacial score (nSPS) is 32.7. The quantitative estimate of drug-likeness (QED) is 0.663. The number of carbonyl (C=O) groups is 1. The van der Waals surface area contributed by atoms with Crippen molar-refractivity contribution in [2.45, 2.75) is 38.1 Å². The largest absolute Gasteiger partial charge is 0.352 e. The van der Waals surface area contributed by atoms with Crippen LogP contribution in [0, 0.1) is 5.92 Å². The SMILES string of the molecule is NCCCCC(=O)NC1CN2CCC1CC2. The van der Waals surface area contributed by atoms with E-state index in [9.17, 15) is 4.79 Å². The molecule has 0 aromatic carbocycles. The van der Waals surface area contributed by atoms with E-state index in [0.29, 0.717) is 19.0 Å². The number of rotatable bonds is 5. The van der Waals surface area contributed by atoms with Crippen molar-refractivity contribution < 1.29 is 4.79 Å². The monoisotopic (exact) mass is 225 g/mol. The van der Waals surface area contributed by atoms with Crippen LogP contribution in [0.1, 0.15) is 32.1 Å². The summed E-state index contributed by atoms with van der Waals surface area (Å²) in [7, 11) is 0. The average Bonchev–Trinajstić information content (AvgIpc) is 2.31. The van der Waals surface area contributed by atoms with Gasteiger partial charge in [-0.3, -0.25) is 4.79 Å². The van der Waals surface area contributed by atoms with Gasteiger partial charge in [0.1, 0.15) is 0 Å². The van der Waals surface area contributed by atoms with Crippen LogP contribution in [-0.2, 0) is 4.79 Å². The lowest BCUT2D eigenvalue weighted by molar-refractivity contribution is -0.123. The van der Waals surface area contributed by atoms with Crippen LogP contribution >= 0.6 is 0 Å². The number of amides is 1. The van der Waals surface area contributed by atoms with E-state index in [4.69, 9.17) is 5.73 Å². The molecule has 4 nitrogen and oxygen atoms in total. The van der Waals surface area contributed by atoms with Crippen molar-refractivity contribution in [1.82, 2.24) is 10.2 Å². The minimum Gasteiger partial charge on any atom is -0.352 e. The fourth-order valence-corrected chi connectivity index (χ4v) is 2.84. The Balaban J connectivity index is 1.70. The summed E-state index contributed by atoms with van der Waals surface area (Å²) in [5.41, 5.74) is 5.41. The lowest BCUT2D eigenvalue weighted by atomic mass is 9.84. The average molecular weight is 225 g/mol. The van der Waals surface area contributed by atoms with Crippen molar-refractivity contribution in [3.63, 3.8) is 0 Å². The first-order valence-electron chi connectivity index (χ1n) is 6.51. The number of nitrogens with two attached hydrogens (primary N) is 1. The number of unbranched alkanes of at least 4 members (excludes halogenated alkanes) is 1. The van der Waals surface area contributed by atoms with Crippen LogP contribution < -0.4 is 11.1 Å². The minimum absolute atomic E-state index is 0.215. The van der Waals surface area contributed by atoms with Crippen molar-refractivity contribution in [3.8, 4) is 0 Å². The molecule has 0 spiro atoms. The molecule has 0 radical (unpaired) electrons. The molecular formula is C12H23N3O. The molecule has 3 saturated heterocycles. The lowest BCUT2D eigenvalue weighted by Crippen LogP contribution is -2.57. The number of nitrogens with one attached hydrogen (secondary N) is 1. The summed E-state index contributed by atoms with van der Waals surface area (Å²) in [6, 6.07) is 0.410. The van der Waals surface area contributed by atoms with Gasteiger partial charge in [0, 0.05) is 19.0 Å². The minimum atomic E-state index is 0.215. The standard InChI is InChI=1S/C12H23N3O/c13-6-2-1-3-12(16)14-11-9-15-7-4-10(11)5-8-15/h10-11H,1-9,13H2,(H,14,16). The van der Waals surface area contributed by atoms with E-state index in [1.54, 1.807) is 0 Å². The Bertz CT molecular complexity index is 236. The van der Waals surface area contributed by atoms with Crippen LogP contribution in [0.4, 0.5) is 0 Å². The summed E-state index contributed by atoms with van der Waals surface area (Å²) < 4.78 is 0. The molecule has 3 fully saturated rings. The van der Waals surface area contributed by atoms with E-state index in [1.165, 1.54) is 25.9 Å². The maximum atomic E-state index is 11.7. The molecule has 4 heteroatoms. The van der Waals surface area contributed by atoms with Gasteiger partial charge in [0.2, 0.25) is 5.91 Å². The topological polar surface area (TPSA) is 58.4 Å². The molecule has 16 heavy (non-hydrogen) atoms. The molecule has 3 rings (SSSR count). The van der Waals surface area contributed by atoms with E-state index in [-0.39, 0.29) is 5.91 Å². The summed E-state index contributed by atoms with van der Waals surface area (Å²) in [5.74, 6) is 0.940. The third-order valence-corrected chi connectivity index (χ3v) is 3.86. The van der Waals surface area contributed by atoms with Crippen molar-refractivity contribution in [3.05, 3.63) is 0 Å². The first kappa shape index (κ1) is 11.9. The number of carbonyl (C=O) groups excluding carboxylic acids is 1. The van der Waals surface area contributed by atoms with Gasteiger partial charge in [0.25, 0.3) is 0 Å². The highest BCUT2D eigenvalue weighted by Gasteiger charge is 2.34. The number of piperidine rings is 3. The first-order chi connectivity index (χ1) is 7.79. The molecule has 92 valence electrons. The van der Waals surface area contributed by atoms with E-state index in [2.05, 4.69) is 10.2 Å². The van der Waals surface area contributed by atoms with Gasteiger partial charge in [-0.1, -0.05) is 0 Å². The third kappa shape index (κ3) is 2.95. The third-order valence-electron chi connectivity index (χ3n) is 3.86. The number of nitrogens with zero attached hydrogens (tertiary/aromatic N) is 1. The molecule has 0 saturated carbocycles. The van der Waals surface area contributed by atoms with Crippen LogP contribution in [0.2, 0.25) is 0 Å². The molecule has 0 aromatic rings. The fraction of sp³-hybridized carbons (Fsp3) is 0.917. The molecule has 3 aliphatic heterocycles. The molecule has 1 unspecified atom stereocenters. The van der Waals surface area contributed by atoms with E-state index >= 15 is 0 Å². The zero-order chi connectivity index (χ0) is 11.4. The maximum absolute atomic E-state index is 11.7. The fourth-order valence-electron chi connectivity index (χ4n) is 2.84. The molecule has 1 amide bonds. The molecule has 3 heterocycles. The zero-order valence-corrected chi connectivity index (χ0v) is 9.95. The highest BCUT2D eigenvalue weighted by atomic mass is 16.1. The Morgan fingerprint density at radius 3 is 2.62 bits per heavy atom. The summed E-state index contributed by atoms with van der Waals surface area (Å²) in [6.07, 6.45) is 5.03. The number of hydrogen-bond donors (Lipinski definition) is 2. The van der Waals surface area contributed by atoms with Gasteiger partial charge in [-0.2, -0.15) is 0 Å². The van der Waals surface area contributed by atoms with Gasteiger partial charge in [-0.05, 0) is 51.2 Å². The zero-order valence-electron chi connectivity index (χ0n) is 9.95. The van der Waals surface area contributed by atoms with Crippen LogP contribution in [-0.4, -0.2) is 43.0 Å². The van der Waals surface area contributed by atoms with Gasteiger partial charge < -0.3 is 16.0 Å². The molecule has 1 atom stereocenters. The van der Waals surface area contributed by atoms with Crippen molar-refractivity contribution in [1.29, 1.82) is 0 Å². The van der Waals surface area contributed by atoms with Gasteiger partial charge in [0.05, 0.1) is 0 Å². The first-order valence-corrected chi connectivity index (χ1v) is 6.51. The predicted molar refractivity (Wildman–Crippen MR) is 64.0 cm³/mol. The summed E-state index contributed by atoms with van der Waals surface area (Å²) >= 11 is 0. The van der Waals surface area contributed by atoms with E-state index < -0.39 is 0 Å². The van der Waals surface area contributed by atoms with E-state index in [0.717, 1.165) is 25.3 Å². The van der Waals surface area contributed by atoms with E-state index in [1.807, 2.05) is 0 Å². The Morgan fingerprint density at radius 1 is 1.31 bits per heavy atom. The van der Waals surface area contributed by atoms with Gasteiger partial charge in [-0.15, -0.1) is 0 Å². The Morgan fingerprint density at radius 2 is 2.06 bits per heavy atom. The Labute approximate surface area is 97.6 Å². The molecular weight excluding hydrogens is 202 g/mol. The van der Waals surface area contributed by atoms with Crippen LogP contribution in [0.5, 0.6) is 0 Å². The van der Waals surface area contributed by atoms with Crippen molar-refractivity contribution in [2.75, 3.05) is 26.2 Å². The second-order valence-electron chi connectivity index (χ2n) is 5.06. The summed E-state index contributed by atoms with van der Waals surface area (Å²) in [4.78, 5) is 14.2. The van der Waals surface area contributed by atoms with Gasteiger partial charge in [0.15, 0.2) is 0 Å². The second-order valence-corrected chi connectivity index (χ2v) is 5.06. The van der Waals surface area contributed by atoms with Crippen molar-refractivity contribution >= 4 is 5.91 Å². The Hall–Kier alpha value is -0.610. The number of hydrogen-bond acceptors (Lipinski definition) is 3. The molecule has 3 N–H and O–H groups in total. The van der Waals surface area contributed by atoms with Crippen LogP contribution in [0.25, 0.3) is 0 Å². The van der Waals surface area contributed by atoms with Crippen LogP contribution in [0.3, 0.4) is 0 Å². The lowest BCUT2D eigenvalue weighted by Gasteiger charge is -2.44. The van der Waals surface area contributed by atoms with Crippen molar-refractivity contribution in [2.24, 2.45) is 11.7 Å². The molecule has 2 bridgehead atoms. The predicted octanol–water partition coefficient (Wildman–Crippen LogP) is 0.326. The summed E-state index contributed by atoms with van der Waals surface area (Å²) in [6.45, 7) is 4.20. The van der Waals surface area contributed by atoms with Gasteiger partial charge >= 0.3 is 0 Å². The molecule has 0 aliphatic carbocycles. The molecule has 0 aromatic heterocycles. The highest BCUT2D eigenvalue weighted by Crippen LogP contribution is 2.27. The maximum Gasteiger partial charge on any atom is 0.220 e. The van der Waals surface area contributed by atoms with Crippen LogP contribution in [0.15, 0.2) is 0 Å². The molecule has 3 aliphatic rings. The summed E-state index contributed by atoms with van der Waals surface area (Å²) in [5, 5.41) is 3.19. The smallest absolute Gasteiger partial charge is 0.220 e. The highest BCUT2D eigenvalue weighted by molar-refractivity contribution is 5.76. The number of fused-ring (bicyclic) bond motifs is 3. The van der Waals surface area contributed by atoms with Gasteiger partial charge in [-0.25, -0.2) is 0 Å². The Kier molecular flexibility index (Phi) is 4.18. The second kappa shape index (κ2) is 5.64.